The zero-order valence-electron chi connectivity index (χ0n) is 13.8. The van der Waals surface area contributed by atoms with Gasteiger partial charge in [0, 0.05) is 17.9 Å². The number of alkyl halides is 3. The molecule has 0 bridgehead atoms. The van der Waals surface area contributed by atoms with Gasteiger partial charge in [-0.3, -0.25) is 0 Å². The first-order valence-electron chi connectivity index (χ1n) is 7.91. The molecule has 3 rings (SSSR count). The minimum Gasteiger partial charge on any atom is -0.478 e. The van der Waals surface area contributed by atoms with E-state index in [1.807, 2.05) is 18.0 Å². The Kier molecular flexibility index (Phi) is 4.63. The SMILES string of the molecule is CC1CC(c2ccc(C(=O)O)cc2)=CN1c1ccc(OC(F)(F)F)cc1. The number of carbonyl (C=O) groups is 1. The zero-order valence-corrected chi connectivity index (χ0v) is 13.8. The maximum atomic E-state index is 12.2. The Hall–Kier alpha value is -2.96. The summed E-state index contributed by atoms with van der Waals surface area (Å²) in [5, 5.41) is 8.96. The molecular formula is C19H16F3NO3. The van der Waals surface area contributed by atoms with Gasteiger partial charge in [0.1, 0.15) is 5.75 Å². The lowest BCUT2D eigenvalue weighted by atomic mass is 10.0. The zero-order chi connectivity index (χ0) is 18.9. The van der Waals surface area contributed by atoms with Gasteiger partial charge in [-0.05, 0) is 60.9 Å². The van der Waals surface area contributed by atoms with Crippen LogP contribution in [-0.4, -0.2) is 23.5 Å². The van der Waals surface area contributed by atoms with Crippen LogP contribution < -0.4 is 9.64 Å². The summed E-state index contributed by atoms with van der Waals surface area (Å²) in [6.45, 7) is 2.01. The largest absolute Gasteiger partial charge is 0.573 e. The van der Waals surface area contributed by atoms with Crippen molar-refractivity contribution < 1.29 is 27.8 Å². The molecule has 136 valence electrons. The summed E-state index contributed by atoms with van der Waals surface area (Å²) in [4.78, 5) is 12.9. The van der Waals surface area contributed by atoms with Crippen molar-refractivity contribution in [2.24, 2.45) is 0 Å². The topological polar surface area (TPSA) is 49.8 Å². The van der Waals surface area contributed by atoms with Crippen molar-refractivity contribution >= 4 is 17.2 Å². The molecule has 1 heterocycles. The van der Waals surface area contributed by atoms with Gasteiger partial charge in [-0.2, -0.15) is 0 Å². The standard InChI is InChI=1S/C19H16F3NO3/c1-12-10-15(13-2-4-14(5-3-13)18(24)25)11-23(12)16-6-8-17(9-7-16)26-19(20,21)22/h2-9,11-12H,10H2,1H3,(H,24,25). The molecule has 1 aliphatic heterocycles. The maximum absolute atomic E-state index is 12.2. The molecule has 4 nitrogen and oxygen atoms in total. The molecule has 0 radical (unpaired) electrons. The van der Waals surface area contributed by atoms with E-state index in [2.05, 4.69) is 4.74 Å². The Morgan fingerprint density at radius 3 is 2.27 bits per heavy atom. The van der Waals surface area contributed by atoms with Gasteiger partial charge >= 0.3 is 12.3 Å². The third-order valence-corrected chi connectivity index (χ3v) is 4.16. The highest BCUT2D eigenvalue weighted by Gasteiger charge is 2.31. The molecular weight excluding hydrogens is 347 g/mol. The Morgan fingerprint density at radius 2 is 1.73 bits per heavy atom. The molecule has 2 aromatic carbocycles. The lowest BCUT2D eigenvalue weighted by molar-refractivity contribution is -0.274. The molecule has 0 saturated heterocycles. The smallest absolute Gasteiger partial charge is 0.478 e. The number of aromatic carboxylic acids is 1. The molecule has 0 fully saturated rings. The van der Waals surface area contributed by atoms with Crippen molar-refractivity contribution in [3.05, 3.63) is 65.9 Å². The monoisotopic (exact) mass is 363 g/mol. The van der Waals surface area contributed by atoms with E-state index >= 15 is 0 Å². The van der Waals surface area contributed by atoms with Gasteiger partial charge in [-0.15, -0.1) is 13.2 Å². The molecule has 1 unspecified atom stereocenters. The molecule has 0 spiro atoms. The van der Waals surface area contributed by atoms with Crippen LogP contribution in [0.2, 0.25) is 0 Å². The van der Waals surface area contributed by atoms with Crippen molar-refractivity contribution in [3.63, 3.8) is 0 Å². The van der Waals surface area contributed by atoms with Crippen molar-refractivity contribution in [3.8, 4) is 5.75 Å². The summed E-state index contributed by atoms with van der Waals surface area (Å²) in [6, 6.07) is 12.4. The number of halogens is 3. The summed E-state index contributed by atoms with van der Waals surface area (Å²) >= 11 is 0. The molecule has 26 heavy (non-hydrogen) atoms. The van der Waals surface area contributed by atoms with Gasteiger partial charge in [0.2, 0.25) is 0 Å². The van der Waals surface area contributed by atoms with Crippen LogP contribution in [0.3, 0.4) is 0 Å². The first-order chi connectivity index (χ1) is 12.2. The number of anilines is 1. The van der Waals surface area contributed by atoms with Gasteiger partial charge in [0.05, 0.1) is 5.56 Å². The van der Waals surface area contributed by atoms with Crippen LogP contribution in [-0.2, 0) is 0 Å². The van der Waals surface area contributed by atoms with Gasteiger partial charge in [-0.1, -0.05) is 12.1 Å². The third kappa shape index (κ3) is 3.99. The first-order valence-corrected chi connectivity index (χ1v) is 7.91. The second kappa shape index (κ2) is 6.74. The highest BCUT2D eigenvalue weighted by atomic mass is 19.4. The summed E-state index contributed by atoms with van der Waals surface area (Å²) in [7, 11) is 0. The van der Waals surface area contributed by atoms with Crippen LogP contribution in [0.4, 0.5) is 18.9 Å². The minimum atomic E-state index is -4.71. The number of benzene rings is 2. The van der Waals surface area contributed by atoms with Gasteiger partial charge < -0.3 is 14.7 Å². The van der Waals surface area contributed by atoms with Gasteiger partial charge in [0.25, 0.3) is 0 Å². The van der Waals surface area contributed by atoms with Crippen LogP contribution in [0.1, 0.15) is 29.3 Å². The van der Waals surface area contributed by atoms with E-state index in [-0.39, 0.29) is 17.4 Å². The number of carboxylic acids is 1. The Bertz CT molecular complexity index is 827. The first kappa shape index (κ1) is 17.8. The van der Waals surface area contributed by atoms with E-state index in [1.54, 1.807) is 36.4 Å². The van der Waals surface area contributed by atoms with Gasteiger partial charge in [0.15, 0.2) is 0 Å². The van der Waals surface area contributed by atoms with Crippen LogP contribution in [0.25, 0.3) is 5.57 Å². The van der Waals surface area contributed by atoms with Crippen LogP contribution >= 0.6 is 0 Å². The second-order valence-corrected chi connectivity index (χ2v) is 6.04. The van der Waals surface area contributed by atoms with E-state index in [0.29, 0.717) is 0 Å². The van der Waals surface area contributed by atoms with E-state index in [0.717, 1.165) is 23.2 Å². The normalized spacial score (nSPS) is 17.2. The van der Waals surface area contributed by atoms with Gasteiger partial charge in [-0.25, -0.2) is 4.79 Å². The van der Waals surface area contributed by atoms with Crippen molar-refractivity contribution in [2.75, 3.05) is 4.90 Å². The fourth-order valence-electron chi connectivity index (χ4n) is 2.93. The summed E-state index contributed by atoms with van der Waals surface area (Å²) in [6.07, 6.45) is -2.04. The molecule has 1 atom stereocenters. The molecule has 7 heteroatoms. The predicted octanol–water partition coefficient (Wildman–Crippen LogP) is 4.92. The lowest BCUT2D eigenvalue weighted by Crippen LogP contribution is -2.22. The lowest BCUT2D eigenvalue weighted by Gasteiger charge is -2.22. The van der Waals surface area contributed by atoms with Crippen molar-refractivity contribution in [1.82, 2.24) is 0 Å². The average Bonchev–Trinajstić information content (AvgIpc) is 2.96. The van der Waals surface area contributed by atoms with Crippen LogP contribution in [0.5, 0.6) is 5.75 Å². The third-order valence-electron chi connectivity index (χ3n) is 4.16. The molecule has 0 saturated carbocycles. The van der Waals surface area contributed by atoms with E-state index in [4.69, 9.17) is 5.11 Å². The number of ether oxygens (including phenoxy) is 1. The van der Waals surface area contributed by atoms with E-state index in [9.17, 15) is 18.0 Å². The quantitative estimate of drug-likeness (QED) is 0.837. The molecule has 0 aromatic heterocycles. The number of hydrogen-bond donors (Lipinski definition) is 1. The van der Waals surface area contributed by atoms with E-state index in [1.165, 1.54) is 12.1 Å². The minimum absolute atomic E-state index is 0.124. The highest BCUT2D eigenvalue weighted by Crippen LogP contribution is 2.34. The summed E-state index contributed by atoms with van der Waals surface area (Å²) < 4.78 is 40.6. The fourth-order valence-corrected chi connectivity index (χ4v) is 2.93. The van der Waals surface area contributed by atoms with Crippen LogP contribution in [0.15, 0.2) is 54.7 Å². The van der Waals surface area contributed by atoms with Crippen molar-refractivity contribution in [1.29, 1.82) is 0 Å². The second-order valence-electron chi connectivity index (χ2n) is 6.04. The van der Waals surface area contributed by atoms with E-state index < -0.39 is 12.3 Å². The molecule has 0 amide bonds. The number of rotatable bonds is 4. The van der Waals surface area contributed by atoms with Crippen LogP contribution in [0, 0.1) is 0 Å². The maximum Gasteiger partial charge on any atom is 0.573 e. The molecule has 1 N–H and O–H groups in total. The number of hydrogen-bond acceptors (Lipinski definition) is 3. The fraction of sp³-hybridized carbons (Fsp3) is 0.211. The Balaban J connectivity index is 1.79. The highest BCUT2D eigenvalue weighted by molar-refractivity contribution is 5.88. The summed E-state index contributed by atoms with van der Waals surface area (Å²) in [5.41, 5.74) is 2.92. The predicted molar refractivity (Wildman–Crippen MR) is 91.1 cm³/mol. The Morgan fingerprint density at radius 1 is 1.12 bits per heavy atom. The average molecular weight is 363 g/mol. The molecule has 1 aliphatic rings. The molecule has 0 aliphatic carbocycles. The van der Waals surface area contributed by atoms with Crippen molar-refractivity contribution in [2.45, 2.75) is 25.7 Å². The summed E-state index contributed by atoms with van der Waals surface area (Å²) in [5.74, 6) is -1.24. The Labute approximate surface area is 148 Å². The number of nitrogens with zero attached hydrogens (tertiary/aromatic N) is 1. The molecule has 2 aromatic rings. The number of carboxylic acid groups (broad SMARTS) is 1.